The van der Waals surface area contributed by atoms with Crippen molar-refractivity contribution < 1.29 is 19.0 Å². The molecule has 20 heavy (non-hydrogen) atoms. The lowest BCUT2D eigenvalue weighted by Crippen LogP contribution is -2.02. The highest BCUT2D eigenvalue weighted by atomic mass is 35.5. The van der Waals surface area contributed by atoms with Crippen LogP contribution in [0.3, 0.4) is 0 Å². The van der Waals surface area contributed by atoms with Gasteiger partial charge in [-0.3, -0.25) is 0 Å². The first kappa shape index (κ1) is 13.2. The summed E-state index contributed by atoms with van der Waals surface area (Å²) < 4.78 is 23.6. The maximum atomic E-state index is 13.1. The van der Waals surface area contributed by atoms with Crippen LogP contribution >= 0.6 is 11.6 Å². The molecule has 0 spiro atoms. The van der Waals surface area contributed by atoms with Gasteiger partial charge >= 0.3 is 0 Å². The molecule has 1 aliphatic rings. The third-order valence-electron chi connectivity index (χ3n) is 3.29. The smallest absolute Gasteiger partial charge is 0.231 e. The number of hydrogen-bond acceptors (Lipinski definition) is 3. The van der Waals surface area contributed by atoms with E-state index >= 15 is 0 Å². The quantitative estimate of drug-likeness (QED) is 0.920. The van der Waals surface area contributed by atoms with Gasteiger partial charge in [0.15, 0.2) is 11.5 Å². The number of aliphatic hydroxyl groups is 1. The Labute approximate surface area is 120 Å². The molecule has 2 aromatic carbocycles. The van der Waals surface area contributed by atoms with Gasteiger partial charge in [-0.1, -0.05) is 17.7 Å². The molecule has 1 aliphatic heterocycles. The molecule has 1 heterocycles. The molecular formula is C15H12ClFO3. The van der Waals surface area contributed by atoms with Crippen molar-refractivity contribution in [2.24, 2.45) is 0 Å². The van der Waals surface area contributed by atoms with Crippen LogP contribution in [0.4, 0.5) is 4.39 Å². The minimum atomic E-state index is -0.900. The highest BCUT2D eigenvalue weighted by Gasteiger charge is 2.22. The predicted molar refractivity (Wildman–Crippen MR) is 72.8 cm³/mol. The zero-order valence-electron chi connectivity index (χ0n) is 10.7. The fourth-order valence-corrected chi connectivity index (χ4v) is 2.54. The van der Waals surface area contributed by atoms with Gasteiger partial charge < -0.3 is 14.6 Å². The maximum absolute atomic E-state index is 13.1. The summed E-state index contributed by atoms with van der Waals surface area (Å²) >= 11 is 6.10. The lowest BCUT2D eigenvalue weighted by atomic mass is 9.97. The molecule has 104 valence electrons. The van der Waals surface area contributed by atoms with E-state index in [4.69, 9.17) is 21.1 Å². The van der Waals surface area contributed by atoms with Crippen molar-refractivity contribution in [3.05, 3.63) is 57.9 Å². The zero-order chi connectivity index (χ0) is 14.3. The fraction of sp³-hybridized carbons (Fsp3) is 0.200. The minimum Gasteiger partial charge on any atom is -0.454 e. The first-order valence-electron chi connectivity index (χ1n) is 6.09. The molecule has 0 bridgehead atoms. The average molecular weight is 295 g/mol. The minimum absolute atomic E-state index is 0.115. The van der Waals surface area contributed by atoms with Gasteiger partial charge in [0, 0.05) is 0 Å². The molecule has 3 nitrogen and oxygen atoms in total. The molecule has 0 fully saturated rings. The Kier molecular flexibility index (Phi) is 3.28. The number of ether oxygens (including phenoxy) is 2. The Balaban J connectivity index is 2.02. The van der Waals surface area contributed by atoms with E-state index in [0.29, 0.717) is 33.2 Å². The third kappa shape index (κ3) is 2.21. The fourth-order valence-electron chi connectivity index (χ4n) is 2.27. The molecule has 1 unspecified atom stereocenters. The molecule has 1 atom stereocenters. The first-order valence-corrected chi connectivity index (χ1v) is 6.47. The van der Waals surface area contributed by atoms with E-state index < -0.39 is 6.10 Å². The van der Waals surface area contributed by atoms with Gasteiger partial charge in [0.2, 0.25) is 6.79 Å². The normalized spacial score (nSPS) is 14.4. The van der Waals surface area contributed by atoms with Crippen molar-refractivity contribution in [3.8, 4) is 11.5 Å². The standard InChI is InChI=1S/C15H12ClFO3/c1-8-4-10(17)2-3-11(8)14(18)9-5-12(16)15-13(6-9)19-7-20-15/h2-6,14,18H,7H2,1H3. The number of halogens is 2. The topological polar surface area (TPSA) is 38.7 Å². The summed E-state index contributed by atoms with van der Waals surface area (Å²) in [6, 6.07) is 7.57. The SMILES string of the molecule is Cc1cc(F)ccc1C(O)c1cc(Cl)c2c(c1)OCO2. The monoisotopic (exact) mass is 294 g/mol. The molecule has 2 aromatic rings. The number of aliphatic hydroxyl groups excluding tert-OH is 1. The van der Waals surface area contributed by atoms with Gasteiger partial charge in [-0.05, 0) is 47.9 Å². The molecule has 0 saturated heterocycles. The van der Waals surface area contributed by atoms with Crippen LogP contribution in [-0.4, -0.2) is 11.9 Å². The van der Waals surface area contributed by atoms with Crippen molar-refractivity contribution in [1.29, 1.82) is 0 Å². The van der Waals surface area contributed by atoms with E-state index in [9.17, 15) is 9.50 Å². The number of rotatable bonds is 2. The molecule has 3 rings (SSSR count). The number of hydrogen-bond donors (Lipinski definition) is 1. The van der Waals surface area contributed by atoms with Crippen LogP contribution < -0.4 is 9.47 Å². The first-order chi connectivity index (χ1) is 9.56. The molecule has 0 amide bonds. The van der Waals surface area contributed by atoms with E-state index in [1.165, 1.54) is 12.1 Å². The van der Waals surface area contributed by atoms with Crippen molar-refractivity contribution in [2.75, 3.05) is 6.79 Å². The van der Waals surface area contributed by atoms with Crippen LogP contribution in [0.2, 0.25) is 5.02 Å². The van der Waals surface area contributed by atoms with E-state index in [1.54, 1.807) is 25.1 Å². The Bertz CT molecular complexity index is 672. The molecule has 0 saturated carbocycles. The van der Waals surface area contributed by atoms with Crippen LogP contribution in [-0.2, 0) is 0 Å². The van der Waals surface area contributed by atoms with Crippen molar-refractivity contribution >= 4 is 11.6 Å². The van der Waals surface area contributed by atoms with Gasteiger partial charge in [0.25, 0.3) is 0 Å². The summed E-state index contributed by atoms with van der Waals surface area (Å²) in [5.74, 6) is 0.659. The molecule has 0 aromatic heterocycles. The molecule has 0 aliphatic carbocycles. The van der Waals surface area contributed by atoms with Crippen LogP contribution in [0.25, 0.3) is 0 Å². The summed E-state index contributed by atoms with van der Waals surface area (Å²) in [7, 11) is 0. The highest BCUT2D eigenvalue weighted by molar-refractivity contribution is 6.32. The summed E-state index contributed by atoms with van der Waals surface area (Å²) in [4.78, 5) is 0. The summed E-state index contributed by atoms with van der Waals surface area (Å²) in [5, 5.41) is 10.8. The van der Waals surface area contributed by atoms with Gasteiger partial charge in [0.05, 0.1) is 5.02 Å². The van der Waals surface area contributed by atoms with Gasteiger partial charge in [-0.2, -0.15) is 0 Å². The molecule has 5 heteroatoms. The van der Waals surface area contributed by atoms with Crippen LogP contribution in [0, 0.1) is 12.7 Å². The number of aryl methyl sites for hydroxylation is 1. The number of benzene rings is 2. The Morgan fingerprint density at radius 2 is 2.05 bits per heavy atom. The second-order valence-corrected chi connectivity index (χ2v) is 5.05. The Hall–Kier alpha value is -1.78. The van der Waals surface area contributed by atoms with Crippen LogP contribution in [0.15, 0.2) is 30.3 Å². The molecular weight excluding hydrogens is 283 g/mol. The van der Waals surface area contributed by atoms with Gasteiger partial charge in [-0.25, -0.2) is 4.39 Å². The third-order valence-corrected chi connectivity index (χ3v) is 3.57. The second-order valence-electron chi connectivity index (χ2n) is 4.64. The lowest BCUT2D eigenvalue weighted by molar-refractivity contribution is 0.173. The number of fused-ring (bicyclic) bond motifs is 1. The summed E-state index contributed by atoms with van der Waals surface area (Å²) in [6.07, 6.45) is -0.900. The molecule has 0 radical (unpaired) electrons. The van der Waals surface area contributed by atoms with Crippen molar-refractivity contribution in [2.45, 2.75) is 13.0 Å². The molecule has 1 N–H and O–H groups in total. The summed E-state index contributed by atoms with van der Waals surface area (Å²) in [6.45, 7) is 1.86. The second kappa shape index (κ2) is 4.96. The van der Waals surface area contributed by atoms with Gasteiger partial charge in [-0.15, -0.1) is 0 Å². The predicted octanol–water partition coefficient (Wildman–Crippen LogP) is 3.60. The highest BCUT2D eigenvalue weighted by Crippen LogP contribution is 2.42. The van der Waals surface area contributed by atoms with E-state index in [2.05, 4.69) is 0 Å². The maximum Gasteiger partial charge on any atom is 0.231 e. The van der Waals surface area contributed by atoms with Crippen molar-refractivity contribution in [3.63, 3.8) is 0 Å². The van der Waals surface area contributed by atoms with Gasteiger partial charge in [0.1, 0.15) is 11.9 Å². The van der Waals surface area contributed by atoms with E-state index in [1.807, 2.05) is 0 Å². The van der Waals surface area contributed by atoms with Crippen LogP contribution in [0.5, 0.6) is 11.5 Å². The Morgan fingerprint density at radius 3 is 2.80 bits per heavy atom. The lowest BCUT2D eigenvalue weighted by Gasteiger charge is -2.15. The van der Waals surface area contributed by atoms with Crippen LogP contribution in [0.1, 0.15) is 22.8 Å². The average Bonchev–Trinajstić information content (AvgIpc) is 2.87. The summed E-state index contributed by atoms with van der Waals surface area (Å²) in [5.41, 5.74) is 1.88. The largest absolute Gasteiger partial charge is 0.454 e. The van der Waals surface area contributed by atoms with E-state index in [0.717, 1.165) is 0 Å². The Morgan fingerprint density at radius 1 is 1.25 bits per heavy atom. The van der Waals surface area contributed by atoms with Crippen molar-refractivity contribution in [1.82, 2.24) is 0 Å². The zero-order valence-corrected chi connectivity index (χ0v) is 11.4. The van der Waals surface area contributed by atoms with E-state index in [-0.39, 0.29) is 12.6 Å².